The van der Waals surface area contributed by atoms with Crippen molar-refractivity contribution < 1.29 is 4.39 Å². The Morgan fingerprint density at radius 1 is 1.30 bits per heavy atom. The Hall–Kier alpha value is -0.110. The summed E-state index contributed by atoms with van der Waals surface area (Å²) in [5.41, 5.74) is -1.06. The van der Waals surface area contributed by atoms with Gasteiger partial charge in [-0.2, -0.15) is 0 Å². The van der Waals surface area contributed by atoms with Crippen LogP contribution in [-0.4, -0.2) is 18.8 Å². The lowest BCUT2D eigenvalue weighted by Gasteiger charge is -2.12. The molecule has 0 saturated carbocycles. The smallest absolute Gasteiger partial charge is 0.117 e. The highest BCUT2D eigenvalue weighted by molar-refractivity contribution is 4.67. The molecule has 0 radical (unpaired) electrons. The lowest BCUT2D eigenvalue weighted by atomic mass is 10.2. The number of halogens is 1. The van der Waals surface area contributed by atoms with Gasteiger partial charge in [0.25, 0.3) is 0 Å². The average molecular weight is 149 g/mol. The molecule has 0 aromatic heterocycles. The molecule has 0 bridgehead atoms. The number of alkyl halides is 1. The second-order valence-electron chi connectivity index (χ2n) is 2.50. The molecule has 0 spiro atoms. The van der Waals surface area contributed by atoms with Gasteiger partial charge in [0.05, 0.1) is 0 Å². The van der Waals surface area contributed by atoms with Crippen molar-refractivity contribution in [1.29, 1.82) is 0 Å². The Kier molecular flexibility index (Phi) is 8.79. The van der Waals surface area contributed by atoms with Gasteiger partial charge in [-0.3, -0.25) is 0 Å². The minimum Gasteiger partial charge on any atom is -0.314 e. The summed E-state index contributed by atoms with van der Waals surface area (Å²) in [6, 6.07) is 0. The molecule has 0 fully saturated rings. The Bertz CT molecular complexity index is 56.8. The molecule has 2 heteroatoms. The molecule has 0 saturated heterocycles. The molecule has 0 rings (SSSR count). The van der Waals surface area contributed by atoms with Crippen molar-refractivity contribution in [1.82, 2.24) is 5.32 Å². The van der Waals surface area contributed by atoms with Crippen LogP contribution in [0.2, 0.25) is 0 Å². The maximum Gasteiger partial charge on any atom is 0.117 e. The molecule has 0 amide bonds. The van der Waals surface area contributed by atoms with Crippen molar-refractivity contribution in [2.45, 2.75) is 40.3 Å². The first-order chi connectivity index (χ1) is 4.56. The van der Waals surface area contributed by atoms with E-state index < -0.39 is 5.67 Å². The molecule has 64 valence electrons. The van der Waals surface area contributed by atoms with Crippen LogP contribution in [0.5, 0.6) is 0 Å². The fourth-order valence-corrected chi connectivity index (χ4v) is 0.422. The van der Waals surface area contributed by atoms with E-state index >= 15 is 0 Å². The molecule has 0 aliphatic rings. The van der Waals surface area contributed by atoms with Gasteiger partial charge in [-0.1, -0.05) is 20.8 Å². The van der Waals surface area contributed by atoms with E-state index in [1.165, 1.54) is 0 Å². The van der Waals surface area contributed by atoms with Crippen molar-refractivity contribution in [2.75, 3.05) is 13.1 Å². The first-order valence-corrected chi connectivity index (χ1v) is 3.96. The van der Waals surface area contributed by atoms with Gasteiger partial charge >= 0.3 is 0 Å². The number of rotatable bonds is 3. The van der Waals surface area contributed by atoms with Gasteiger partial charge in [-0.05, 0) is 20.4 Å². The quantitative estimate of drug-likeness (QED) is 0.649. The van der Waals surface area contributed by atoms with E-state index in [2.05, 4.69) is 5.32 Å². The van der Waals surface area contributed by atoms with Gasteiger partial charge in [0, 0.05) is 6.54 Å². The molecule has 1 nitrogen and oxygen atoms in total. The molecular formula is C8H20FN. The summed E-state index contributed by atoms with van der Waals surface area (Å²) in [7, 11) is 0. The van der Waals surface area contributed by atoms with Gasteiger partial charge in [-0.15, -0.1) is 0 Å². The highest BCUT2D eigenvalue weighted by Crippen LogP contribution is 2.04. The van der Waals surface area contributed by atoms with Crippen molar-refractivity contribution in [3.63, 3.8) is 0 Å². The monoisotopic (exact) mass is 149 g/mol. The largest absolute Gasteiger partial charge is 0.314 e. The first-order valence-electron chi connectivity index (χ1n) is 3.96. The second-order valence-corrected chi connectivity index (χ2v) is 2.50. The minimum atomic E-state index is -1.06. The Labute approximate surface area is 64.0 Å². The molecule has 0 heterocycles. The average Bonchev–Trinajstić information content (AvgIpc) is 1.87. The maximum atomic E-state index is 12.5. The molecule has 1 N–H and O–H groups in total. The van der Waals surface area contributed by atoms with Crippen LogP contribution in [0.1, 0.15) is 34.6 Å². The van der Waals surface area contributed by atoms with E-state index in [4.69, 9.17) is 0 Å². The molecule has 0 aliphatic carbocycles. The van der Waals surface area contributed by atoms with Gasteiger partial charge in [-0.25, -0.2) is 4.39 Å². The summed E-state index contributed by atoms with van der Waals surface area (Å²) in [6.45, 7) is 10.4. The lowest BCUT2D eigenvalue weighted by molar-refractivity contribution is 0.212. The zero-order valence-electron chi connectivity index (χ0n) is 7.79. The number of nitrogens with one attached hydrogen (secondary N) is 1. The molecule has 0 aliphatic heterocycles. The third-order valence-electron chi connectivity index (χ3n) is 0.795. The standard InChI is InChI=1S/C6H14FN.C2H6/c1-4-8-5-6(2,3)7;1-2/h8H,4-5H2,1-3H3;1-2H3. The summed E-state index contributed by atoms with van der Waals surface area (Å²) >= 11 is 0. The van der Waals surface area contributed by atoms with E-state index in [1.807, 2.05) is 20.8 Å². The topological polar surface area (TPSA) is 12.0 Å². The molecule has 0 atom stereocenters. The van der Waals surface area contributed by atoms with Gasteiger partial charge < -0.3 is 5.32 Å². The Morgan fingerprint density at radius 2 is 1.70 bits per heavy atom. The van der Waals surface area contributed by atoms with Crippen LogP contribution < -0.4 is 5.32 Å². The predicted molar refractivity (Wildman–Crippen MR) is 45.1 cm³/mol. The highest BCUT2D eigenvalue weighted by atomic mass is 19.1. The minimum absolute atomic E-state index is 0.448. The summed E-state index contributed by atoms with van der Waals surface area (Å²) < 4.78 is 12.5. The van der Waals surface area contributed by atoms with Crippen LogP contribution in [0.4, 0.5) is 4.39 Å². The molecule has 0 unspecified atom stereocenters. The summed E-state index contributed by atoms with van der Waals surface area (Å²) in [4.78, 5) is 0. The predicted octanol–water partition coefficient (Wildman–Crippen LogP) is 2.37. The van der Waals surface area contributed by atoms with Crippen LogP contribution in [0.3, 0.4) is 0 Å². The van der Waals surface area contributed by atoms with E-state index in [0.717, 1.165) is 6.54 Å². The van der Waals surface area contributed by atoms with Gasteiger partial charge in [0.2, 0.25) is 0 Å². The number of hydrogen-bond acceptors (Lipinski definition) is 1. The Morgan fingerprint density at radius 3 is 1.80 bits per heavy atom. The maximum absolute atomic E-state index is 12.5. The summed E-state index contributed by atoms with van der Waals surface area (Å²) in [5.74, 6) is 0. The SMILES string of the molecule is CC.CCNCC(C)(C)F. The third kappa shape index (κ3) is 15.7. The summed E-state index contributed by atoms with van der Waals surface area (Å²) in [6.07, 6.45) is 0. The fourth-order valence-electron chi connectivity index (χ4n) is 0.422. The van der Waals surface area contributed by atoms with Crippen molar-refractivity contribution in [3.8, 4) is 0 Å². The van der Waals surface area contributed by atoms with Crippen LogP contribution in [0, 0.1) is 0 Å². The van der Waals surface area contributed by atoms with E-state index in [0.29, 0.717) is 6.54 Å². The van der Waals surface area contributed by atoms with Gasteiger partial charge in [0.1, 0.15) is 5.67 Å². The summed E-state index contributed by atoms with van der Waals surface area (Å²) in [5, 5.41) is 2.91. The van der Waals surface area contributed by atoms with E-state index in [9.17, 15) is 4.39 Å². The zero-order chi connectivity index (χ0) is 8.62. The molecule has 0 aromatic rings. The first kappa shape index (κ1) is 12.6. The third-order valence-corrected chi connectivity index (χ3v) is 0.795. The zero-order valence-corrected chi connectivity index (χ0v) is 7.79. The van der Waals surface area contributed by atoms with E-state index in [-0.39, 0.29) is 0 Å². The second kappa shape index (κ2) is 7.00. The molecular weight excluding hydrogens is 129 g/mol. The van der Waals surface area contributed by atoms with E-state index in [1.54, 1.807) is 13.8 Å². The van der Waals surface area contributed by atoms with Gasteiger partial charge in [0.15, 0.2) is 0 Å². The van der Waals surface area contributed by atoms with Crippen molar-refractivity contribution >= 4 is 0 Å². The fraction of sp³-hybridized carbons (Fsp3) is 1.00. The van der Waals surface area contributed by atoms with Crippen LogP contribution in [0.15, 0.2) is 0 Å². The normalized spacial score (nSPS) is 10.2. The van der Waals surface area contributed by atoms with Crippen LogP contribution in [-0.2, 0) is 0 Å². The molecule has 10 heavy (non-hydrogen) atoms. The van der Waals surface area contributed by atoms with Crippen LogP contribution in [0.25, 0.3) is 0 Å². The molecule has 0 aromatic carbocycles. The lowest BCUT2D eigenvalue weighted by Crippen LogP contribution is -2.30. The Balaban J connectivity index is 0. The van der Waals surface area contributed by atoms with Crippen LogP contribution >= 0.6 is 0 Å². The highest BCUT2D eigenvalue weighted by Gasteiger charge is 2.12. The van der Waals surface area contributed by atoms with Crippen molar-refractivity contribution in [3.05, 3.63) is 0 Å². The number of hydrogen-bond donors (Lipinski definition) is 1. The van der Waals surface area contributed by atoms with Crippen molar-refractivity contribution in [2.24, 2.45) is 0 Å².